The average molecular weight is 216 g/mol. The van der Waals surface area contributed by atoms with Gasteiger partial charge in [0.15, 0.2) is 0 Å². The van der Waals surface area contributed by atoms with E-state index in [4.69, 9.17) is 5.11 Å². The second-order valence-electron chi connectivity index (χ2n) is 4.10. The average Bonchev–Trinajstić information content (AvgIpc) is 2.00. The summed E-state index contributed by atoms with van der Waals surface area (Å²) in [5.74, 6) is -0.492. The van der Waals surface area contributed by atoms with E-state index in [9.17, 15) is 9.59 Å². The Hall–Kier alpha value is -1.10. The molecule has 0 aromatic rings. The number of aliphatic carboxylic acids is 1. The molecule has 0 rings (SSSR count). The van der Waals surface area contributed by atoms with E-state index in [1.54, 1.807) is 7.05 Å². The molecule has 0 bridgehead atoms. The van der Waals surface area contributed by atoms with Gasteiger partial charge in [-0.1, -0.05) is 13.8 Å². The van der Waals surface area contributed by atoms with E-state index in [0.29, 0.717) is 12.5 Å². The molecule has 0 aromatic carbocycles. The van der Waals surface area contributed by atoms with Crippen molar-refractivity contribution >= 4 is 11.9 Å². The standard InChI is InChI=1S/C10H20N2O3/c1-8(2)4-5-11-9(13)6-12(3)7-10(14)15/h8H,4-7H2,1-3H3,(H,11,13)(H,14,15). The smallest absolute Gasteiger partial charge is 0.317 e. The lowest BCUT2D eigenvalue weighted by Crippen LogP contribution is -2.38. The fourth-order valence-electron chi connectivity index (χ4n) is 1.09. The number of carboxylic acid groups (broad SMARTS) is 1. The summed E-state index contributed by atoms with van der Waals surface area (Å²) in [5.41, 5.74) is 0. The third-order valence-corrected chi connectivity index (χ3v) is 1.86. The van der Waals surface area contributed by atoms with Crippen LogP contribution in [0.1, 0.15) is 20.3 Å². The molecule has 5 nitrogen and oxygen atoms in total. The first kappa shape index (κ1) is 13.9. The number of rotatable bonds is 7. The summed E-state index contributed by atoms with van der Waals surface area (Å²) >= 11 is 0. The number of carbonyl (C=O) groups excluding carboxylic acids is 1. The number of hydrogen-bond donors (Lipinski definition) is 2. The second kappa shape index (κ2) is 7.23. The van der Waals surface area contributed by atoms with E-state index in [0.717, 1.165) is 6.42 Å². The summed E-state index contributed by atoms with van der Waals surface area (Å²) in [4.78, 5) is 23.1. The number of hydrogen-bond acceptors (Lipinski definition) is 3. The van der Waals surface area contributed by atoms with E-state index in [-0.39, 0.29) is 19.0 Å². The molecule has 0 aliphatic heterocycles. The van der Waals surface area contributed by atoms with Crippen molar-refractivity contribution in [2.24, 2.45) is 5.92 Å². The molecule has 0 atom stereocenters. The third-order valence-electron chi connectivity index (χ3n) is 1.86. The highest BCUT2D eigenvalue weighted by Gasteiger charge is 2.08. The number of nitrogens with one attached hydrogen (secondary N) is 1. The summed E-state index contributed by atoms with van der Waals surface area (Å²) in [6.45, 7) is 4.84. The molecule has 0 saturated carbocycles. The van der Waals surface area contributed by atoms with E-state index in [2.05, 4.69) is 19.2 Å². The molecule has 88 valence electrons. The zero-order valence-corrected chi connectivity index (χ0v) is 9.62. The van der Waals surface area contributed by atoms with Crippen molar-refractivity contribution in [3.63, 3.8) is 0 Å². The normalized spacial score (nSPS) is 10.7. The highest BCUT2D eigenvalue weighted by Crippen LogP contribution is 1.96. The van der Waals surface area contributed by atoms with Crippen LogP contribution in [0, 0.1) is 5.92 Å². The topological polar surface area (TPSA) is 69.6 Å². The Bertz CT molecular complexity index is 217. The zero-order valence-electron chi connectivity index (χ0n) is 9.62. The predicted molar refractivity (Wildman–Crippen MR) is 57.6 cm³/mol. The van der Waals surface area contributed by atoms with Gasteiger partial charge in [0.1, 0.15) is 0 Å². The molecular weight excluding hydrogens is 196 g/mol. The Balaban J connectivity index is 3.60. The highest BCUT2D eigenvalue weighted by atomic mass is 16.4. The van der Waals surface area contributed by atoms with Gasteiger partial charge in [0.05, 0.1) is 13.1 Å². The van der Waals surface area contributed by atoms with Gasteiger partial charge in [-0.05, 0) is 19.4 Å². The first-order chi connectivity index (χ1) is 6.91. The minimum absolute atomic E-state index is 0.113. The van der Waals surface area contributed by atoms with Gasteiger partial charge in [-0.15, -0.1) is 0 Å². The third kappa shape index (κ3) is 9.21. The van der Waals surface area contributed by atoms with Crippen LogP contribution in [0.2, 0.25) is 0 Å². The molecular formula is C10H20N2O3. The van der Waals surface area contributed by atoms with Gasteiger partial charge in [0.2, 0.25) is 5.91 Å². The second-order valence-corrected chi connectivity index (χ2v) is 4.10. The highest BCUT2D eigenvalue weighted by molar-refractivity contribution is 5.78. The number of nitrogens with zero attached hydrogens (tertiary/aromatic N) is 1. The van der Waals surface area contributed by atoms with Gasteiger partial charge in [-0.2, -0.15) is 0 Å². The van der Waals surface area contributed by atoms with Crippen molar-refractivity contribution in [1.29, 1.82) is 0 Å². The van der Waals surface area contributed by atoms with Crippen LogP contribution in [0.25, 0.3) is 0 Å². The zero-order chi connectivity index (χ0) is 11.8. The van der Waals surface area contributed by atoms with E-state index in [1.807, 2.05) is 0 Å². The number of carbonyl (C=O) groups is 2. The fraction of sp³-hybridized carbons (Fsp3) is 0.800. The van der Waals surface area contributed by atoms with Crippen LogP contribution in [0.3, 0.4) is 0 Å². The van der Waals surface area contributed by atoms with E-state index in [1.165, 1.54) is 4.90 Å². The van der Waals surface area contributed by atoms with Crippen molar-refractivity contribution in [3.05, 3.63) is 0 Å². The molecule has 2 N–H and O–H groups in total. The monoisotopic (exact) mass is 216 g/mol. The van der Waals surface area contributed by atoms with Crippen LogP contribution in [-0.4, -0.2) is 48.6 Å². The summed E-state index contributed by atoms with van der Waals surface area (Å²) < 4.78 is 0. The summed E-state index contributed by atoms with van der Waals surface area (Å²) in [5, 5.41) is 11.2. The van der Waals surface area contributed by atoms with Crippen LogP contribution in [0.15, 0.2) is 0 Å². The first-order valence-electron chi connectivity index (χ1n) is 5.09. The molecule has 5 heteroatoms. The molecule has 0 unspecified atom stereocenters. The van der Waals surface area contributed by atoms with Gasteiger partial charge in [0, 0.05) is 6.54 Å². The molecule has 0 aliphatic rings. The molecule has 0 heterocycles. The summed E-state index contributed by atoms with van der Waals surface area (Å²) in [6, 6.07) is 0. The van der Waals surface area contributed by atoms with Crippen LogP contribution in [-0.2, 0) is 9.59 Å². The lowest BCUT2D eigenvalue weighted by molar-refractivity contribution is -0.138. The molecule has 15 heavy (non-hydrogen) atoms. The lowest BCUT2D eigenvalue weighted by Gasteiger charge is -2.13. The molecule has 0 radical (unpaired) electrons. The Morgan fingerprint density at radius 3 is 2.40 bits per heavy atom. The Morgan fingerprint density at radius 2 is 1.93 bits per heavy atom. The van der Waals surface area contributed by atoms with Crippen LogP contribution < -0.4 is 5.32 Å². The van der Waals surface area contributed by atoms with Gasteiger partial charge in [-0.3, -0.25) is 14.5 Å². The molecule has 0 aromatic heterocycles. The first-order valence-corrected chi connectivity index (χ1v) is 5.09. The van der Waals surface area contributed by atoms with Crippen molar-refractivity contribution in [3.8, 4) is 0 Å². The lowest BCUT2D eigenvalue weighted by atomic mass is 10.1. The molecule has 0 fully saturated rings. The Labute approximate surface area is 90.5 Å². The maximum atomic E-state index is 11.3. The summed E-state index contributed by atoms with van der Waals surface area (Å²) in [7, 11) is 1.61. The maximum absolute atomic E-state index is 11.3. The van der Waals surface area contributed by atoms with Gasteiger partial charge >= 0.3 is 5.97 Å². The van der Waals surface area contributed by atoms with Crippen LogP contribution in [0.5, 0.6) is 0 Å². The fourth-order valence-corrected chi connectivity index (χ4v) is 1.09. The maximum Gasteiger partial charge on any atom is 0.317 e. The van der Waals surface area contributed by atoms with E-state index >= 15 is 0 Å². The number of likely N-dealkylation sites (N-methyl/N-ethyl adjacent to an activating group) is 1. The number of carboxylic acids is 1. The minimum Gasteiger partial charge on any atom is -0.480 e. The Kier molecular flexibility index (Phi) is 6.70. The summed E-state index contributed by atoms with van der Waals surface area (Å²) in [6.07, 6.45) is 0.939. The SMILES string of the molecule is CC(C)CCNC(=O)CN(C)CC(=O)O. The van der Waals surface area contributed by atoms with Crippen molar-refractivity contribution in [2.75, 3.05) is 26.7 Å². The quantitative estimate of drug-likeness (QED) is 0.636. The molecule has 1 amide bonds. The molecule has 0 spiro atoms. The van der Waals surface area contributed by atoms with Crippen LogP contribution >= 0.6 is 0 Å². The Morgan fingerprint density at radius 1 is 1.33 bits per heavy atom. The van der Waals surface area contributed by atoms with Crippen molar-refractivity contribution < 1.29 is 14.7 Å². The molecule has 0 aliphatic carbocycles. The van der Waals surface area contributed by atoms with E-state index < -0.39 is 5.97 Å². The van der Waals surface area contributed by atoms with Gasteiger partial charge in [-0.25, -0.2) is 0 Å². The largest absolute Gasteiger partial charge is 0.480 e. The minimum atomic E-state index is -0.924. The van der Waals surface area contributed by atoms with Gasteiger partial charge < -0.3 is 10.4 Å². The predicted octanol–water partition coefficient (Wildman–Crippen LogP) is 0.165. The van der Waals surface area contributed by atoms with Crippen molar-refractivity contribution in [2.45, 2.75) is 20.3 Å². The number of amides is 1. The van der Waals surface area contributed by atoms with Crippen molar-refractivity contribution in [1.82, 2.24) is 10.2 Å². The molecule has 0 saturated heterocycles. The van der Waals surface area contributed by atoms with Crippen LogP contribution in [0.4, 0.5) is 0 Å². The van der Waals surface area contributed by atoms with Gasteiger partial charge in [0.25, 0.3) is 0 Å².